The molecule has 2 aromatic heterocycles. The molecule has 4 rings (SSSR count). The number of aryl methyl sites for hydroxylation is 2. The molecule has 4 aromatic rings. The Kier molecular flexibility index (Phi) is 2.91. The zero-order valence-electron chi connectivity index (χ0n) is 13.0. The summed E-state index contributed by atoms with van der Waals surface area (Å²) in [6, 6.07) is 10.7. The Bertz CT molecular complexity index is 1010. The van der Waals surface area contributed by atoms with Gasteiger partial charge in [0.05, 0.1) is 12.1 Å². The Hall–Kier alpha value is -2.39. The lowest BCUT2D eigenvalue weighted by Gasteiger charge is -2.08. The van der Waals surface area contributed by atoms with Crippen LogP contribution in [-0.2, 0) is 6.54 Å². The minimum absolute atomic E-state index is 0.656. The van der Waals surface area contributed by atoms with Crippen molar-refractivity contribution in [3.05, 3.63) is 53.9 Å². The van der Waals surface area contributed by atoms with E-state index in [1.807, 2.05) is 0 Å². The molecule has 0 saturated heterocycles. The van der Waals surface area contributed by atoms with E-state index in [1.165, 1.54) is 43.7 Å². The summed E-state index contributed by atoms with van der Waals surface area (Å²) in [6.07, 6.45) is 4.35. The smallest absolute Gasteiger partial charge is 0.176 e. The number of para-hydroxylation sites is 1. The highest BCUT2D eigenvalue weighted by Crippen LogP contribution is 2.35. The number of aromatic nitrogens is 2. The Balaban J connectivity index is 2.19. The maximum absolute atomic E-state index is 5.70. The third kappa shape index (κ3) is 1.76. The summed E-state index contributed by atoms with van der Waals surface area (Å²) in [6.45, 7) is 5.92. The van der Waals surface area contributed by atoms with Crippen LogP contribution < -0.4 is 10.3 Å². The molecule has 0 atom stereocenters. The Morgan fingerprint density at radius 2 is 1.82 bits per heavy atom. The molecule has 0 bridgehead atoms. The van der Waals surface area contributed by atoms with E-state index < -0.39 is 0 Å². The van der Waals surface area contributed by atoms with Crippen molar-refractivity contribution in [3.63, 3.8) is 0 Å². The number of pyridine rings is 1. The van der Waals surface area contributed by atoms with Crippen LogP contribution in [0.1, 0.15) is 11.1 Å². The molecule has 0 aliphatic heterocycles. The third-order valence-corrected chi connectivity index (χ3v) is 4.67. The van der Waals surface area contributed by atoms with Gasteiger partial charge in [0, 0.05) is 27.7 Å². The van der Waals surface area contributed by atoms with Crippen molar-refractivity contribution in [2.24, 2.45) is 5.73 Å². The van der Waals surface area contributed by atoms with E-state index in [1.54, 1.807) is 0 Å². The van der Waals surface area contributed by atoms with Crippen LogP contribution in [-0.4, -0.2) is 11.5 Å². The number of benzene rings is 2. The Labute approximate surface area is 129 Å². The Morgan fingerprint density at radius 1 is 1.00 bits per heavy atom. The first kappa shape index (κ1) is 13.3. The SMILES string of the molecule is Cc1c2cc[n+](CCN)cc2c(C)c2c1[nH]c1ccccc12. The highest BCUT2D eigenvalue weighted by Gasteiger charge is 2.15. The van der Waals surface area contributed by atoms with Gasteiger partial charge in [-0.25, -0.2) is 4.57 Å². The quantitative estimate of drug-likeness (QED) is 0.546. The van der Waals surface area contributed by atoms with Crippen LogP contribution in [0.4, 0.5) is 0 Å². The molecule has 2 heterocycles. The molecule has 0 amide bonds. The van der Waals surface area contributed by atoms with Crippen LogP contribution >= 0.6 is 0 Å². The fourth-order valence-corrected chi connectivity index (χ4v) is 3.53. The third-order valence-electron chi connectivity index (χ3n) is 4.67. The first-order valence-electron chi connectivity index (χ1n) is 7.73. The van der Waals surface area contributed by atoms with Crippen molar-refractivity contribution in [2.45, 2.75) is 20.4 Å². The van der Waals surface area contributed by atoms with E-state index in [0.717, 1.165) is 6.54 Å². The van der Waals surface area contributed by atoms with Gasteiger partial charge in [-0.15, -0.1) is 0 Å². The zero-order valence-corrected chi connectivity index (χ0v) is 13.0. The molecule has 0 fully saturated rings. The predicted octanol–water partition coefficient (Wildman–Crippen LogP) is 3.34. The summed E-state index contributed by atoms with van der Waals surface area (Å²) in [5.74, 6) is 0. The van der Waals surface area contributed by atoms with Gasteiger partial charge in [-0.2, -0.15) is 0 Å². The summed E-state index contributed by atoms with van der Waals surface area (Å²) < 4.78 is 2.18. The normalized spacial score (nSPS) is 11.8. The summed E-state index contributed by atoms with van der Waals surface area (Å²) in [5.41, 5.74) is 10.8. The molecule has 3 N–H and O–H groups in total. The number of rotatable bonds is 2. The second kappa shape index (κ2) is 4.82. The summed E-state index contributed by atoms with van der Waals surface area (Å²) >= 11 is 0. The maximum atomic E-state index is 5.70. The number of hydrogen-bond donors (Lipinski definition) is 2. The van der Waals surface area contributed by atoms with Gasteiger partial charge in [0.2, 0.25) is 0 Å². The van der Waals surface area contributed by atoms with E-state index in [9.17, 15) is 0 Å². The Morgan fingerprint density at radius 3 is 2.64 bits per heavy atom. The molecule has 22 heavy (non-hydrogen) atoms. The number of nitrogens with two attached hydrogens (primary N) is 1. The molecule has 3 nitrogen and oxygen atoms in total. The molecule has 0 aliphatic rings. The molecule has 2 aromatic carbocycles. The number of hydrogen-bond acceptors (Lipinski definition) is 1. The van der Waals surface area contributed by atoms with Crippen molar-refractivity contribution in [1.82, 2.24) is 4.98 Å². The molecule has 110 valence electrons. The minimum Gasteiger partial charge on any atom is -0.354 e. The van der Waals surface area contributed by atoms with Crippen LogP contribution in [0, 0.1) is 13.8 Å². The minimum atomic E-state index is 0.656. The van der Waals surface area contributed by atoms with Crippen LogP contribution in [0.15, 0.2) is 42.7 Å². The summed E-state index contributed by atoms with van der Waals surface area (Å²) in [4.78, 5) is 3.59. The van der Waals surface area contributed by atoms with E-state index in [4.69, 9.17) is 5.73 Å². The second-order valence-electron chi connectivity index (χ2n) is 5.97. The van der Waals surface area contributed by atoms with Crippen LogP contribution in [0.3, 0.4) is 0 Å². The largest absolute Gasteiger partial charge is 0.354 e. The molecule has 0 unspecified atom stereocenters. The highest BCUT2D eigenvalue weighted by atomic mass is 14.9. The molecule has 0 radical (unpaired) electrons. The number of H-pyrrole nitrogens is 1. The summed E-state index contributed by atoms with van der Waals surface area (Å²) in [5, 5.41) is 5.26. The van der Waals surface area contributed by atoms with Gasteiger partial charge in [-0.1, -0.05) is 18.2 Å². The van der Waals surface area contributed by atoms with Crippen molar-refractivity contribution >= 4 is 32.6 Å². The molecule has 0 spiro atoms. The van der Waals surface area contributed by atoms with Crippen LogP contribution in [0.2, 0.25) is 0 Å². The average Bonchev–Trinajstić information content (AvgIpc) is 2.93. The van der Waals surface area contributed by atoms with E-state index in [-0.39, 0.29) is 0 Å². The second-order valence-corrected chi connectivity index (χ2v) is 5.97. The monoisotopic (exact) mass is 290 g/mol. The molecular formula is C19H20N3+. The van der Waals surface area contributed by atoms with Crippen LogP contribution in [0.25, 0.3) is 32.6 Å². The standard InChI is InChI=1S/C19H19N3/c1-12-16-11-22(10-8-20)9-7-14(16)13(2)19-18(12)15-5-3-4-6-17(15)21-19/h3-7,9,11H,8,10,20H2,1-2H3/p+1. The fraction of sp³-hybridized carbons (Fsp3) is 0.211. The van der Waals surface area contributed by atoms with E-state index >= 15 is 0 Å². The number of fused-ring (bicyclic) bond motifs is 4. The molecule has 0 saturated carbocycles. The predicted molar refractivity (Wildman–Crippen MR) is 92.0 cm³/mol. The van der Waals surface area contributed by atoms with Gasteiger partial charge >= 0.3 is 0 Å². The number of aromatic amines is 1. The maximum Gasteiger partial charge on any atom is 0.176 e. The fourth-order valence-electron chi connectivity index (χ4n) is 3.53. The lowest BCUT2D eigenvalue weighted by atomic mass is 9.97. The molecule has 3 heteroatoms. The number of nitrogens with one attached hydrogen (secondary N) is 1. The summed E-state index contributed by atoms with van der Waals surface area (Å²) in [7, 11) is 0. The van der Waals surface area contributed by atoms with Gasteiger partial charge in [-0.3, -0.25) is 0 Å². The van der Waals surface area contributed by atoms with E-state index in [0.29, 0.717) is 6.54 Å². The highest BCUT2D eigenvalue weighted by molar-refractivity contribution is 6.16. The van der Waals surface area contributed by atoms with Gasteiger partial charge in [0.15, 0.2) is 18.9 Å². The molecular weight excluding hydrogens is 270 g/mol. The molecule has 0 aliphatic carbocycles. The number of nitrogens with zero attached hydrogens (tertiary/aromatic N) is 1. The van der Waals surface area contributed by atoms with Gasteiger partial charge in [0.1, 0.15) is 0 Å². The lowest BCUT2D eigenvalue weighted by Crippen LogP contribution is -2.36. The van der Waals surface area contributed by atoms with Crippen molar-refractivity contribution in [2.75, 3.05) is 6.54 Å². The van der Waals surface area contributed by atoms with Crippen molar-refractivity contribution < 1.29 is 4.57 Å². The topological polar surface area (TPSA) is 45.7 Å². The van der Waals surface area contributed by atoms with Gasteiger partial charge in [0.25, 0.3) is 0 Å². The van der Waals surface area contributed by atoms with Crippen molar-refractivity contribution in [1.29, 1.82) is 0 Å². The zero-order chi connectivity index (χ0) is 15.3. The van der Waals surface area contributed by atoms with Gasteiger partial charge in [-0.05, 0) is 36.4 Å². The van der Waals surface area contributed by atoms with Crippen LogP contribution in [0.5, 0.6) is 0 Å². The first-order chi connectivity index (χ1) is 10.7. The van der Waals surface area contributed by atoms with Crippen molar-refractivity contribution in [3.8, 4) is 0 Å². The van der Waals surface area contributed by atoms with Gasteiger partial charge < -0.3 is 10.7 Å². The average molecular weight is 290 g/mol. The first-order valence-corrected chi connectivity index (χ1v) is 7.73. The van der Waals surface area contributed by atoms with E-state index in [2.05, 4.69) is 66.1 Å². The lowest BCUT2D eigenvalue weighted by molar-refractivity contribution is -0.693.